The van der Waals surface area contributed by atoms with Gasteiger partial charge >= 0.3 is 0 Å². The number of primary sulfonamides is 1. The first kappa shape index (κ1) is 17.8. The molecule has 0 saturated heterocycles. The highest BCUT2D eigenvalue weighted by atomic mass is 32.2. The van der Waals surface area contributed by atoms with Gasteiger partial charge in [-0.15, -0.1) is 0 Å². The molecule has 128 valence electrons. The monoisotopic (exact) mass is 328 g/mol. The van der Waals surface area contributed by atoms with Crippen molar-refractivity contribution in [2.75, 3.05) is 6.54 Å². The lowest BCUT2D eigenvalue weighted by Gasteiger charge is -2.50. The zero-order valence-electron chi connectivity index (χ0n) is 14.3. The van der Waals surface area contributed by atoms with Crippen LogP contribution in [0.25, 0.3) is 0 Å². The molecule has 0 aromatic heterocycles. The SMILES string of the molecule is C/C=C/N(CCC)C1CCC2CCCC(C)(S(N)(=O)=O)C2C1. The van der Waals surface area contributed by atoms with Gasteiger partial charge in [-0.1, -0.05) is 25.8 Å². The van der Waals surface area contributed by atoms with Crippen LogP contribution in [-0.2, 0) is 10.0 Å². The van der Waals surface area contributed by atoms with Crippen molar-refractivity contribution in [3.63, 3.8) is 0 Å². The Bertz CT molecular complexity index is 503. The van der Waals surface area contributed by atoms with Crippen LogP contribution in [0.3, 0.4) is 0 Å². The van der Waals surface area contributed by atoms with Crippen LogP contribution in [0, 0.1) is 11.8 Å². The number of rotatable bonds is 5. The summed E-state index contributed by atoms with van der Waals surface area (Å²) in [5.74, 6) is 0.738. The summed E-state index contributed by atoms with van der Waals surface area (Å²) in [7, 11) is -3.51. The van der Waals surface area contributed by atoms with Crippen molar-refractivity contribution in [2.45, 2.75) is 76.5 Å². The average molecular weight is 329 g/mol. The van der Waals surface area contributed by atoms with Gasteiger partial charge in [0, 0.05) is 12.6 Å². The third-order valence-corrected chi connectivity index (χ3v) is 7.75. The van der Waals surface area contributed by atoms with Crippen molar-refractivity contribution in [3.05, 3.63) is 12.3 Å². The van der Waals surface area contributed by atoms with E-state index >= 15 is 0 Å². The van der Waals surface area contributed by atoms with Gasteiger partial charge in [0.25, 0.3) is 0 Å². The molecule has 2 fully saturated rings. The molecule has 5 heteroatoms. The van der Waals surface area contributed by atoms with E-state index in [1.165, 1.54) is 12.8 Å². The van der Waals surface area contributed by atoms with Crippen LogP contribution in [0.5, 0.6) is 0 Å². The Balaban J connectivity index is 2.23. The molecule has 0 aliphatic heterocycles. The van der Waals surface area contributed by atoms with E-state index in [4.69, 9.17) is 5.14 Å². The van der Waals surface area contributed by atoms with Gasteiger partial charge < -0.3 is 4.90 Å². The third kappa shape index (κ3) is 3.35. The van der Waals surface area contributed by atoms with Crippen molar-refractivity contribution in [1.82, 2.24) is 4.90 Å². The maximum absolute atomic E-state index is 12.2. The van der Waals surface area contributed by atoms with Crippen LogP contribution in [0.15, 0.2) is 12.3 Å². The molecule has 0 amide bonds. The molecule has 0 spiro atoms. The van der Waals surface area contributed by atoms with E-state index in [9.17, 15) is 8.42 Å². The smallest absolute Gasteiger partial charge is 0.214 e. The van der Waals surface area contributed by atoms with E-state index in [1.54, 1.807) is 0 Å². The fraction of sp³-hybridized carbons (Fsp3) is 0.882. The van der Waals surface area contributed by atoms with Gasteiger partial charge in [0.2, 0.25) is 10.0 Å². The van der Waals surface area contributed by atoms with Gasteiger partial charge in [-0.2, -0.15) is 0 Å². The molecule has 4 nitrogen and oxygen atoms in total. The summed E-state index contributed by atoms with van der Waals surface area (Å²) in [6.45, 7) is 7.17. The lowest BCUT2D eigenvalue weighted by Crippen LogP contribution is -2.55. The third-order valence-electron chi connectivity index (χ3n) is 5.94. The molecule has 2 saturated carbocycles. The molecule has 2 aliphatic rings. The zero-order chi connectivity index (χ0) is 16.4. The molecule has 0 bridgehead atoms. The number of nitrogens with zero attached hydrogens (tertiary/aromatic N) is 1. The molecule has 2 rings (SSSR count). The molecule has 4 atom stereocenters. The Morgan fingerprint density at radius 2 is 2.05 bits per heavy atom. The fourth-order valence-electron chi connectivity index (χ4n) is 4.69. The first-order valence-electron chi connectivity index (χ1n) is 8.74. The van der Waals surface area contributed by atoms with Gasteiger partial charge in [-0.25, -0.2) is 13.6 Å². The largest absolute Gasteiger partial charge is 0.375 e. The van der Waals surface area contributed by atoms with Crippen LogP contribution >= 0.6 is 0 Å². The zero-order valence-corrected chi connectivity index (χ0v) is 15.1. The summed E-state index contributed by atoms with van der Waals surface area (Å²) in [6, 6.07) is 0.455. The van der Waals surface area contributed by atoms with Crippen molar-refractivity contribution in [3.8, 4) is 0 Å². The highest BCUT2D eigenvalue weighted by Crippen LogP contribution is 2.49. The fourth-order valence-corrected chi connectivity index (χ4v) is 5.83. The van der Waals surface area contributed by atoms with Gasteiger partial charge in [0.15, 0.2) is 0 Å². The summed E-state index contributed by atoms with van der Waals surface area (Å²) >= 11 is 0. The molecular formula is C17H32N2O2S. The van der Waals surface area contributed by atoms with Crippen LogP contribution in [0.1, 0.15) is 65.7 Å². The maximum atomic E-state index is 12.2. The van der Waals surface area contributed by atoms with Crippen LogP contribution in [-0.4, -0.2) is 30.7 Å². The molecule has 0 heterocycles. The van der Waals surface area contributed by atoms with E-state index < -0.39 is 14.8 Å². The first-order valence-corrected chi connectivity index (χ1v) is 10.3. The first-order chi connectivity index (χ1) is 10.3. The number of hydrogen-bond donors (Lipinski definition) is 1. The second-order valence-electron chi connectivity index (χ2n) is 7.30. The topological polar surface area (TPSA) is 63.4 Å². The molecule has 2 N–H and O–H groups in total. The quantitative estimate of drug-likeness (QED) is 0.842. The second-order valence-corrected chi connectivity index (χ2v) is 9.33. The minimum Gasteiger partial charge on any atom is -0.375 e. The Labute approximate surface area is 136 Å². The molecule has 2 aliphatic carbocycles. The van der Waals surface area contributed by atoms with Crippen molar-refractivity contribution in [2.24, 2.45) is 17.0 Å². The van der Waals surface area contributed by atoms with E-state index in [0.717, 1.165) is 38.6 Å². The van der Waals surface area contributed by atoms with E-state index in [0.29, 0.717) is 12.0 Å². The van der Waals surface area contributed by atoms with E-state index in [2.05, 4.69) is 24.1 Å². The summed E-state index contributed by atoms with van der Waals surface area (Å²) in [5, 5.41) is 5.63. The average Bonchev–Trinajstić information content (AvgIpc) is 2.46. The summed E-state index contributed by atoms with van der Waals surface area (Å²) in [5.41, 5.74) is 0. The van der Waals surface area contributed by atoms with E-state index in [-0.39, 0.29) is 5.92 Å². The number of hydrogen-bond acceptors (Lipinski definition) is 3. The number of fused-ring (bicyclic) bond motifs is 1. The van der Waals surface area contributed by atoms with Gasteiger partial charge in [0.05, 0.1) is 4.75 Å². The molecule has 0 aromatic rings. The minimum atomic E-state index is -3.51. The molecule has 22 heavy (non-hydrogen) atoms. The van der Waals surface area contributed by atoms with E-state index in [1.807, 2.05) is 13.8 Å². The van der Waals surface area contributed by atoms with Crippen LogP contribution < -0.4 is 5.14 Å². The molecule has 4 unspecified atom stereocenters. The normalized spacial score (nSPS) is 36.3. The highest BCUT2D eigenvalue weighted by Gasteiger charge is 2.51. The Morgan fingerprint density at radius 3 is 2.64 bits per heavy atom. The van der Waals surface area contributed by atoms with Gasteiger partial charge in [0.1, 0.15) is 0 Å². The molecule has 0 radical (unpaired) electrons. The summed E-state index contributed by atoms with van der Waals surface area (Å²) < 4.78 is 23.7. The Kier molecular flexibility index (Phi) is 5.59. The Morgan fingerprint density at radius 1 is 1.32 bits per heavy atom. The number of allylic oxidation sites excluding steroid dienone is 1. The molecular weight excluding hydrogens is 296 g/mol. The standard InChI is InChI=1S/C17H32N2O2S/c1-4-11-19(12-5-2)15-9-8-14-7-6-10-17(3,16(14)13-15)22(18,20)21/h4,11,14-16H,5-10,12-13H2,1-3H3,(H2,18,20,21)/b11-4+. The van der Waals surface area contributed by atoms with Crippen LogP contribution in [0.2, 0.25) is 0 Å². The predicted molar refractivity (Wildman–Crippen MR) is 91.8 cm³/mol. The highest BCUT2D eigenvalue weighted by molar-refractivity contribution is 7.90. The lowest BCUT2D eigenvalue weighted by molar-refractivity contribution is 0.0734. The lowest BCUT2D eigenvalue weighted by atomic mass is 9.64. The molecule has 0 aromatic carbocycles. The van der Waals surface area contributed by atoms with Gasteiger partial charge in [-0.05, 0) is 64.0 Å². The number of sulfonamides is 1. The van der Waals surface area contributed by atoms with Crippen molar-refractivity contribution in [1.29, 1.82) is 0 Å². The van der Waals surface area contributed by atoms with Gasteiger partial charge in [-0.3, -0.25) is 0 Å². The van der Waals surface area contributed by atoms with Crippen molar-refractivity contribution < 1.29 is 8.42 Å². The van der Waals surface area contributed by atoms with Crippen LogP contribution in [0.4, 0.5) is 0 Å². The Hall–Kier alpha value is -0.550. The van der Waals surface area contributed by atoms with Crippen molar-refractivity contribution >= 4 is 10.0 Å². The maximum Gasteiger partial charge on any atom is 0.214 e. The minimum absolute atomic E-state index is 0.208. The summed E-state index contributed by atoms with van der Waals surface area (Å²) in [6.07, 6.45) is 11.5. The summed E-state index contributed by atoms with van der Waals surface area (Å²) in [4.78, 5) is 2.41. The predicted octanol–water partition coefficient (Wildman–Crippen LogP) is 3.25. The number of nitrogens with two attached hydrogens (primary N) is 1. The second kappa shape index (κ2) is 6.91.